The first-order valence-corrected chi connectivity index (χ1v) is 11.9. The first-order valence-electron chi connectivity index (χ1n) is 10.0. The first-order chi connectivity index (χ1) is 15.2. The molecule has 0 saturated carbocycles. The number of hydrogen-bond acceptors (Lipinski definition) is 5. The summed E-state index contributed by atoms with van der Waals surface area (Å²) in [6.07, 6.45) is 1.86. The quantitative estimate of drug-likeness (QED) is 0.485. The molecular formula is C23H22N4O4S. The third-order valence-corrected chi connectivity index (χ3v) is 6.22. The van der Waals surface area contributed by atoms with Crippen LogP contribution < -0.4 is 10.9 Å². The first kappa shape index (κ1) is 21.5. The molecule has 32 heavy (non-hydrogen) atoms. The lowest BCUT2D eigenvalue weighted by Crippen LogP contribution is -2.29. The molecule has 0 bridgehead atoms. The van der Waals surface area contributed by atoms with Crippen LogP contribution in [-0.4, -0.2) is 35.2 Å². The second-order valence-electron chi connectivity index (χ2n) is 7.50. The maximum Gasteiger partial charge on any atom is 0.285 e. The Morgan fingerprint density at radius 2 is 1.84 bits per heavy atom. The standard InChI is InChI=1S/C23H22N4O4S/c1-4-15-9-8-12-17(13-15)25-21(28)18-14(2)24-20-19(16-10-6-5-7-11-16)22(32(3,30)31)26-27(20)23(18)29/h5-13,26H,4H2,1-3H3,(H,25,28). The Kier molecular flexibility index (Phi) is 5.43. The number of aromatic nitrogens is 3. The van der Waals surface area contributed by atoms with Crippen molar-refractivity contribution in [2.75, 3.05) is 11.6 Å². The lowest BCUT2D eigenvalue weighted by molar-refractivity contribution is 0.102. The fourth-order valence-electron chi connectivity index (χ4n) is 3.62. The number of anilines is 1. The predicted octanol–water partition coefficient (Wildman–Crippen LogP) is 3.22. The Hall–Kier alpha value is -3.72. The van der Waals surface area contributed by atoms with E-state index in [4.69, 9.17) is 0 Å². The monoisotopic (exact) mass is 450 g/mol. The SMILES string of the molecule is CCc1cccc(NC(=O)c2c(C)nc3c(-c4ccccc4)c(S(C)(=O)=O)[nH]n3c2=O)c1. The Labute approximate surface area is 184 Å². The van der Waals surface area contributed by atoms with Gasteiger partial charge in [-0.1, -0.05) is 49.4 Å². The summed E-state index contributed by atoms with van der Waals surface area (Å²) < 4.78 is 25.9. The van der Waals surface area contributed by atoms with Crippen molar-refractivity contribution < 1.29 is 13.2 Å². The van der Waals surface area contributed by atoms with Crippen molar-refractivity contribution in [1.29, 1.82) is 0 Å². The Bertz CT molecular complexity index is 1500. The van der Waals surface area contributed by atoms with E-state index in [-0.39, 0.29) is 27.5 Å². The zero-order valence-electron chi connectivity index (χ0n) is 17.8. The van der Waals surface area contributed by atoms with Gasteiger partial charge in [-0.3, -0.25) is 14.7 Å². The Morgan fingerprint density at radius 1 is 1.12 bits per heavy atom. The van der Waals surface area contributed by atoms with E-state index in [9.17, 15) is 18.0 Å². The van der Waals surface area contributed by atoms with Gasteiger partial charge in [0.05, 0.1) is 11.3 Å². The van der Waals surface area contributed by atoms with Gasteiger partial charge in [0.1, 0.15) is 5.56 Å². The van der Waals surface area contributed by atoms with E-state index in [1.165, 1.54) is 0 Å². The summed E-state index contributed by atoms with van der Waals surface area (Å²) in [6.45, 7) is 3.56. The molecule has 0 aliphatic heterocycles. The molecule has 8 nitrogen and oxygen atoms in total. The summed E-state index contributed by atoms with van der Waals surface area (Å²) in [5, 5.41) is 5.25. The van der Waals surface area contributed by atoms with Gasteiger partial charge in [0, 0.05) is 11.9 Å². The highest BCUT2D eigenvalue weighted by Gasteiger charge is 2.26. The number of aromatic amines is 1. The Morgan fingerprint density at radius 3 is 2.50 bits per heavy atom. The van der Waals surface area contributed by atoms with E-state index in [1.54, 1.807) is 43.3 Å². The molecule has 2 aromatic heterocycles. The minimum Gasteiger partial charge on any atom is -0.322 e. The van der Waals surface area contributed by atoms with E-state index in [2.05, 4.69) is 15.4 Å². The number of fused-ring (bicyclic) bond motifs is 1. The van der Waals surface area contributed by atoms with Crippen LogP contribution in [0.4, 0.5) is 5.69 Å². The Balaban J connectivity index is 1.90. The fourth-order valence-corrected chi connectivity index (χ4v) is 4.45. The average Bonchev–Trinajstić information content (AvgIpc) is 3.14. The number of nitrogens with one attached hydrogen (secondary N) is 2. The van der Waals surface area contributed by atoms with Gasteiger partial charge in [0.25, 0.3) is 11.5 Å². The normalized spacial score (nSPS) is 11.6. The molecular weight excluding hydrogens is 428 g/mol. The third kappa shape index (κ3) is 3.82. The number of aryl methyl sites for hydroxylation is 2. The number of H-pyrrole nitrogens is 1. The van der Waals surface area contributed by atoms with Crippen LogP contribution >= 0.6 is 0 Å². The molecule has 0 saturated heterocycles. The molecule has 0 aliphatic carbocycles. The summed E-state index contributed by atoms with van der Waals surface area (Å²) >= 11 is 0. The predicted molar refractivity (Wildman–Crippen MR) is 123 cm³/mol. The van der Waals surface area contributed by atoms with E-state index < -0.39 is 21.3 Å². The summed E-state index contributed by atoms with van der Waals surface area (Å²) in [5.41, 5.74) is 1.99. The minimum atomic E-state index is -3.72. The average molecular weight is 451 g/mol. The van der Waals surface area contributed by atoms with Crippen LogP contribution in [0, 0.1) is 6.92 Å². The molecule has 0 fully saturated rings. The number of nitrogens with zero attached hydrogens (tertiary/aromatic N) is 2. The highest BCUT2D eigenvalue weighted by atomic mass is 32.2. The van der Waals surface area contributed by atoms with Crippen LogP contribution in [0.25, 0.3) is 16.8 Å². The number of carbonyl (C=O) groups is 1. The van der Waals surface area contributed by atoms with Gasteiger partial charge in [-0.25, -0.2) is 13.4 Å². The smallest absolute Gasteiger partial charge is 0.285 e. The van der Waals surface area contributed by atoms with Crippen molar-refractivity contribution in [1.82, 2.24) is 14.6 Å². The van der Waals surface area contributed by atoms with Crippen molar-refractivity contribution in [2.45, 2.75) is 25.3 Å². The van der Waals surface area contributed by atoms with Crippen LogP contribution in [-0.2, 0) is 16.3 Å². The third-order valence-electron chi connectivity index (χ3n) is 5.18. The van der Waals surface area contributed by atoms with Gasteiger partial charge in [-0.15, -0.1) is 0 Å². The van der Waals surface area contributed by atoms with Crippen LogP contribution in [0.15, 0.2) is 64.4 Å². The van der Waals surface area contributed by atoms with Crippen molar-refractivity contribution in [2.24, 2.45) is 0 Å². The van der Waals surface area contributed by atoms with Gasteiger partial charge in [0.2, 0.25) is 0 Å². The molecule has 2 N–H and O–H groups in total. The molecule has 2 aromatic carbocycles. The molecule has 2 heterocycles. The molecule has 4 aromatic rings. The molecule has 0 spiro atoms. The van der Waals surface area contributed by atoms with Gasteiger partial charge in [-0.2, -0.15) is 4.52 Å². The molecule has 0 atom stereocenters. The topological polar surface area (TPSA) is 113 Å². The van der Waals surface area contributed by atoms with Crippen molar-refractivity contribution in [3.63, 3.8) is 0 Å². The molecule has 164 valence electrons. The van der Waals surface area contributed by atoms with Gasteiger partial charge in [-0.05, 0) is 36.6 Å². The van der Waals surface area contributed by atoms with Crippen molar-refractivity contribution in [3.8, 4) is 11.1 Å². The van der Waals surface area contributed by atoms with Crippen LogP contribution in [0.3, 0.4) is 0 Å². The summed E-state index contributed by atoms with van der Waals surface area (Å²) in [4.78, 5) is 30.7. The number of hydrogen-bond donors (Lipinski definition) is 2. The number of amides is 1. The molecule has 1 amide bonds. The number of benzene rings is 2. The number of rotatable bonds is 5. The fraction of sp³-hybridized carbons (Fsp3) is 0.174. The van der Waals surface area contributed by atoms with Gasteiger partial charge < -0.3 is 5.32 Å². The van der Waals surface area contributed by atoms with E-state index in [0.29, 0.717) is 11.3 Å². The lowest BCUT2D eigenvalue weighted by atomic mass is 10.1. The van der Waals surface area contributed by atoms with Crippen molar-refractivity contribution >= 4 is 27.1 Å². The summed E-state index contributed by atoms with van der Waals surface area (Å²) in [6, 6.07) is 16.1. The molecule has 9 heteroatoms. The second kappa shape index (κ2) is 8.08. The van der Waals surface area contributed by atoms with Crippen molar-refractivity contribution in [3.05, 3.63) is 81.8 Å². The zero-order chi connectivity index (χ0) is 23.0. The van der Waals surface area contributed by atoms with Gasteiger partial charge >= 0.3 is 0 Å². The van der Waals surface area contributed by atoms with Crippen LogP contribution in [0.1, 0.15) is 28.5 Å². The van der Waals surface area contributed by atoms with E-state index in [1.807, 2.05) is 25.1 Å². The maximum absolute atomic E-state index is 13.3. The zero-order valence-corrected chi connectivity index (χ0v) is 18.7. The minimum absolute atomic E-state index is 0.138. The molecule has 0 unspecified atom stereocenters. The molecule has 0 radical (unpaired) electrons. The van der Waals surface area contributed by atoms with Crippen LogP contribution in [0.5, 0.6) is 0 Å². The number of carbonyl (C=O) groups excluding carboxylic acids is 1. The van der Waals surface area contributed by atoms with E-state index >= 15 is 0 Å². The second-order valence-corrected chi connectivity index (χ2v) is 9.45. The molecule has 0 aliphatic rings. The summed E-state index contributed by atoms with van der Waals surface area (Å²) in [7, 11) is -3.72. The largest absolute Gasteiger partial charge is 0.322 e. The lowest BCUT2D eigenvalue weighted by Gasteiger charge is -2.09. The highest BCUT2D eigenvalue weighted by molar-refractivity contribution is 7.90. The van der Waals surface area contributed by atoms with Gasteiger partial charge in [0.15, 0.2) is 20.5 Å². The summed E-state index contributed by atoms with van der Waals surface area (Å²) in [5.74, 6) is -0.612. The number of sulfone groups is 1. The van der Waals surface area contributed by atoms with Crippen LogP contribution in [0.2, 0.25) is 0 Å². The molecule has 4 rings (SSSR count). The van der Waals surface area contributed by atoms with E-state index in [0.717, 1.165) is 22.8 Å². The highest BCUT2D eigenvalue weighted by Crippen LogP contribution is 2.30. The maximum atomic E-state index is 13.3.